The molecule has 2 aromatic carbocycles. The molecule has 0 saturated carbocycles. The van der Waals surface area contributed by atoms with Crippen molar-refractivity contribution >= 4 is 38.1 Å². The number of nitrogens with zero attached hydrogens (tertiary/aromatic N) is 2. The Morgan fingerprint density at radius 2 is 2.00 bits per heavy atom. The van der Waals surface area contributed by atoms with Crippen molar-refractivity contribution in [1.29, 1.82) is 0 Å². The van der Waals surface area contributed by atoms with E-state index in [9.17, 15) is 17.6 Å². The van der Waals surface area contributed by atoms with Crippen LogP contribution in [0.4, 0.5) is 15.2 Å². The molecule has 3 N–H and O–H groups in total. The smallest absolute Gasteiger partial charge is 0.245 e. The van der Waals surface area contributed by atoms with Crippen molar-refractivity contribution in [3.63, 3.8) is 0 Å². The molecule has 3 aromatic rings. The number of carbonyl (C=O) groups excluding carboxylic acids is 1. The van der Waals surface area contributed by atoms with E-state index < -0.39 is 10.0 Å². The second-order valence-corrected chi connectivity index (χ2v) is 9.02. The summed E-state index contributed by atoms with van der Waals surface area (Å²) in [4.78, 5) is 18.7. The van der Waals surface area contributed by atoms with Gasteiger partial charge >= 0.3 is 0 Å². The summed E-state index contributed by atoms with van der Waals surface area (Å²) >= 11 is 1.28. The monoisotopic (exact) mass is 432 g/mol. The summed E-state index contributed by atoms with van der Waals surface area (Å²) in [6.07, 6.45) is 0.722. The molecule has 0 fully saturated rings. The van der Waals surface area contributed by atoms with E-state index in [1.165, 1.54) is 35.6 Å². The van der Waals surface area contributed by atoms with Crippen LogP contribution in [0.15, 0.2) is 52.7 Å². The largest absolute Gasteiger partial charge is 0.362 e. The van der Waals surface area contributed by atoms with Crippen LogP contribution in [0, 0.1) is 5.82 Å². The Labute approximate surface area is 171 Å². The zero-order chi connectivity index (χ0) is 20.6. The van der Waals surface area contributed by atoms with Crippen molar-refractivity contribution in [3.05, 3.63) is 59.2 Å². The fourth-order valence-corrected chi connectivity index (χ4v) is 4.45. The number of rotatable bonds is 5. The van der Waals surface area contributed by atoms with Crippen LogP contribution in [0.25, 0.3) is 11.3 Å². The number of benzene rings is 2. The molecule has 1 amide bonds. The highest BCUT2D eigenvalue weighted by molar-refractivity contribution is 7.89. The summed E-state index contributed by atoms with van der Waals surface area (Å²) in [5.41, 5.74) is 3.07. The normalized spacial score (nSPS) is 13.4. The predicted octanol–water partition coefficient (Wildman–Crippen LogP) is 2.60. The summed E-state index contributed by atoms with van der Waals surface area (Å²) in [6, 6.07) is 10.7. The topological polar surface area (TPSA) is 105 Å². The van der Waals surface area contributed by atoms with E-state index in [0.717, 1.165) is 17.5 Å². The zero-order valence-electron chi connectivity index (χ0n) is 15.1. The number of carbonyl (C=O) groups is 1. The third kappa shape index (κ3) is 4.29. The molecule has 0 spiro atoms. The number of halogens is 1. The fourth-order valence-electron chi connectivity index (χ4n) is 3.18. The average Bonchev–Trinajstić information content (AvgIpc) is 3.29. The first kappa shape index (κ1) is 19.5. The molecule has 29 heavy (non-hydrogen) atoms. The lowest BCUT2D eigenvalue weighted by Gasteiger charge is -2.18. The number of aromatic nitrogens is 1. The maximum absolute atomic E-state index is 13.0. The lowest BCUT2D eigenvalue weighted by Crippen LogP contribution is -2.32. The third-order valence-corrected chi connectivity index (χ3v) is 6.27. The van der Waals surface area contributed by atoms with Gasteiger partial charge in [-0.15, -0.1) is 11.3 Å². The van der Waals surface area contributed by atoms with E-state index in [-0.39, 0.29) is 23.2 Å². The second-order valence-electron chi connectivity index (χ2n) is 6.60. The maximum atomic E-state index is 13.0. The molecule has 0 saturated heterocycles. The van der Waals surface area contributed by atoms with Gasteiger partial charge in [0, 0.05) is 23.2 Å². The van der Waals surface area contributed by atoms with Crippen LogP contribution < -0.4 is 15.4 Å². The highest BCUT2D eigenvalue weighted by Gasteiger charge is 2.23. The molecule has 7 nitrogen and oxygen atoms in total. The molecular formula is C19H17FN4O3S2. The number of thiazole rings is 1. The number of hydrogen-bond donors (Lipinski definition) is 2. The van der Waals surface area contributed by atoms with E-state index in [4.69, 9.17) is 5.14 Å². The summed E-state index contributed by atoms with van der Waals surface area (Å²) in [5.74, 6) is -0.590. The maximum Gasteiger partial charge on any atom is 0.245 e. The van der Waals surface area contributed by atoms with Gasteiger partial charge < -0.3 is 10.2 Å². The van der Waals surface area contributed by atoms with Crippen LogP contribution in [0.1, 0.15) is 5.56 Å². The summed E-state index contributed by atoms with van der Waals surface area (Å²) < 4.78 is 36.2. The highest BCUT2D eigenvalue weighted by Crippen LogP contribution is 2.30. The zero-order valence-corrected chi connectivity index (χ0v) is 16.8. The number of amides is 1. The number of fused-ring (bicyclic) bond motifs is 1. The van der Waals surface area contributed by atoms with Gasteiger partial charge in [0.2, 0.25) is 15.9 Å². The molecule has 0 unspecified atom stereocenters. The van der Waals surface area contributed by atoms with E-state index in [2.05, 4.69) is 10.3 Å². The molecule has 0 aliphatic carbocycles. The molecule has 10 heteroatoms. The molecule has 1 aromatic heterocycles. The number of sulfonamides is 1. The van der Waals surface area contributed by atoms with Crippen molar-refractivity contribution in [2.24, 2.45) is 5.14 Å². The number of anilines is 2. The van der Waals surface area contributed by atoms with Crippen LogP contribution in [-0.4, -0.2) is 32.4 Å². The van der Waals surface area contributed by atoms with Crippen LogP contribution >= 0.6 is 11.3 Å². The molecule has 1 aliphatic heterocycles. The van der Waals surface area contributed by atoms with Gasteiger partial charge in [-0.3, -0.25) is 4.79 Å². The third-order valence-electron chi connectivity index (χ3n) is 4.60. The Balaban J connectivity index is 1.45. The van der Waals surface area contributed by atoms with Crippen LogP contribution in [0.5, 0.6) is 0 Å². The van der Waals surface area contributed by atoms with Gasteiger partial charge in [0.05, 0.1) is 17.1 Å². The molecule has 0 radical (unpaired) electrons. The fraction of sp³-hybridized carbons (Fsp3) is 0.158. The van der Waals surface area contributed by atoms with Gasteiger partial charge in [0.25, 0.3) is 0 Å². The first-order valence-electron chi connectivity index (χ1n) is 8.71. The molecule has 0 bridgehead atoms. The van der Waals surface area contributed by atoms with Gasteiger partial charge in [-0.1, -0.05) is 6.07 Å². The molecule has 4 rings (SSSR count). The van der Waals surface area contributed by atoms with Gasteiger partial charge in [0.15, 0.2) is 5.13 Å². The minimum absolute atomic E-state index is 0.0208. The van der Waals surface area contributed by atoms with Gasteiger partial charge in [-0.05, 0) is 48.4 Å². The minimum Gasteiger partial charge on any atom is -0.362 e. The average molecular weight is 433 g/mol. The first-order valence-corrected chi connectivity index (χ1v) is 11.1. The number of nitrogens with two attached hydrogens (primary N) is 1. The molecular weight excluding hydrogens is 415 g/mol. The van der Waals surface area contributed by atoms with Crippen LogP contribution in [0.3, 0.4) is 0 Å². The Kier molecular flexibility index (Phi) is 5.07. The SMILES string of the molecule is NS(=O)(=O)c1ccc2c(c1)N(CC(=O)Nc1nc(-c3ccc(F)cc3)cs1)CC2. The summed E-state index contributed by atoms with van der Waals surface area (Å²) in [7, 11) is -3.81. The molecule has 1 aliphatic rings. The minimum atomic E-state index is -3.81. The van der Waals surface area contributed by atoms with Crippen molar-refractivity contribution < 1.29 is 17.6 Å². The molecule has 150 valence electrons. The van der Waals surface area contributed by atoms with Crippen molar-refractivity contribution in [2.75, 3.05) is 23.3 Å². The van der Waals surface area contributed by atoms with Crippen molar-refractivity contribution in [1.82, 2.24) is 4.98 Å². The van der Waals surface area contributed by atoms with Crippen molar-refractivity contribution in [3.8, 4) is 11.3 Å². The number of hydrogen-bond acceptors (Lipinski definition) is 6. The summed E-state index contributed by atoms with van der Waals surface area (Å²) in [5, 5.41) is 10.2. The Morgan fingerprint density at radius 1 is 1.24 bits per heavy atom. The predicted molar refractivity (Wildman–Crippen MR) is 110 cm³/mol. The first-order chi connectivity index (χ1) is 13.8. The van der Waals surface area contributed by atoms with E-state index >= 15 is 0 Å². The Bertz CT molecular complexity index is 1180. The summed E-state index contributed by atoms with van der Waals surface area (Å²) in [6.45, 7) is 0.669. The Hall–Kier alpha value is -2.82. The molecule has 2 heterocycles. The number of primary sulfonamides is 1. The van der Waals surface area contributed by atoms with Crippen molar-refractivity contribution in [2.45, 2.75) is 11.3 Å². The van der Waals surface area contributed by atoms with E-state index in [1.54, 1.807) is 23.6 Å². The van der Waals surface area contributed by atoms with Crippen LogP contribution in [-0.2, 0) is 21.2 Å². The standard InChI is InChI=1S/C19H17FN4O3S2/c20-14-4-1-12(2-5-14)16-11-28-19(22-16)23-18(25)10-24-8-7-13-3-6-15(9-17(13)24)29(21,26)27/h1-6,9,11H,7-8,10H2,(H2,21,26,27)(H,22,23,25). The van der Waals surface area contributed by atoms with E-state index in [1.807, 2.05) is 4.90 Å². The van der Waals surface area contributed by atoms with Crippen LogP contribution in [0.2, 0.25) is 0 Å². The van der Waals surface area contributed by atoms with Gasteiger partial charge in [-0.2, -0.15) is 0 Å². The Morgan fingerprint density at radius 3 is 2.72 bits per heavy atom. The van der Waals surface area contributed by atoms with Gasteiger partial charge in [-0.25, -0.2) is 22.9 Å². The lowest BCUT2D eigenvalue weighted by atomic mass is 10.2. The quantitative estimate of drug-likeness (QED) is 0.645. The van der Waals surface area contributed by atoms with E-state index in [0.29, 0.717) is 23.1 Å². The highest BCUT2D eigenvalue weighted by atomic mass is 32.2. The molecule has 0 atom stereocenters. The number of nitrogens with one attached hydrogen (secondary N) is 1. The lowest BCUT2D eigenvalue weighted by molar-refractivity contribution is -0.115. The second kappa shape index (κ2) is 7.54. The van der Waals surface area contributed by atoms with Gasteiger partial charge in [0.1, 0.15) is 5.82 Å².